The minimum absolute atomic E-state index is 0.321. The van der Waals surface area contributed by atoms with Crippen LogP contribution in [0, 0.1) is 6.92 Å². The Hall–Kier alpha value is -1.36. The molecule has 2 rings (SSSR count). The summed E-state index contributed by atoms with van der Waals surface area (Å²) in [6.07, 6.45) is 5.28. The number of pyridine rings is 1. The Kier molecular flexibility index (Phi) is 3.47. The summed E-state index contributed by atoms with van der Waals surface area (Å²) in [5.41, 5.74) is 1.09. The Balaban J connectivity index is 2.22. The van der Waals surface area contributed by atoms with E-state index < -0.39 is 0 Å². The van der Waals surface area contributed by atoms with Gasteiger partial charge in [0.15, 0.2) is 5.75 Å². The maximum atomic E-state index is 5.68. The first kappa shape index (κ1) is 12.1. The van der Waals surface area contributed by atoms with Crippen LogP contribution >= 0.6 is 15.9 Å². The topological polar surface area (TPSA) is 39.9 Å². The van der Waals surface area contributed by atoms with Crippen molar-refractivity contribution in [2.75, 3.05) is 0 Å². The lowest BCUT2D eigenvalue weighted by molar-refractivity contribution is 0.455. The molecule has 0 saturated carbocycles. The van der Waals surface area contributed by atoms with Gasteiger partial charge in [0.25, 0.3) is 0 Å². The Morgan fingerprint density at radius 1 is 1.41 bits per heavy atom. The van der Waals surface area contributed by atoms with E-state index in [0.29, 0.717) is 17.7 Å². The number of rotatable bonds is 3. The minimum Gasteiger partial charge on any atom is -0.435 e. The van der Waals surface area contributed by atoms with Crippen molar-refractivity contribution in [3.05, 3.63) is 34.7 Å². The molecule has 0 saturated heterocycles. The van der Waals surface area contributed by atoms with Crippen LogP contribution in [0.4, 0.5) is 0 Å². The van der Waals surface area contributed by atoms with E-state index in [2.05, 4.69) is 39.9 Å². The maximum Gasteiger partial charge on any atom is 0.234 e. The third kappa shape index (κ3) is 2.66. The van der Waals surface area contributed by atoms with E-state index in [1.165, 1.54) is 0 Å². The summed E-state index contributed by atoms with van der Waals surface area (Å²) < 4.78 is 8.40. The highest BCUT2D eigenvalue weighted by Crippen LogP contribution is 2.29. The van der Waals surface area contributed by atoms with Gasteiger partial charge >= 0.3 is 0 Å². The van der Waals surface area contributed by atoms with Gasteiger partial charge in [-0.15, -0.1) is 0 Å². The zero-order valence-corrected chi connectivity index (χ0v) is 11.6. The molecule has 0 aliphatic heterocycles. The van der Waals surface area contributed by atoms with Crippen LogP contribution in [0.5, 0.6) is 11.6 Å². The second-order valence-electron chi connectivity index (χ2n) is 4.10. The van der Waals surface area contributed by atoms with E-state index in [1.54, 1.807) is 12.4 Å². The van der Waals surface area contributed by atoms with Crippen LogP contribution in [0.2, 0.25) is 0 Å². The van der Waals surface area contributed by atoms with Crippen molar-refractivity contribution in [2.45, 2.75) is 26.8 Å². The fraction of sp³-hybridized carbons (Fsp3) is 0.333. The number of halogens is 1. The molecule has 2 aromatic rings. The second kappa shape index (κ2) is 4.87. The van der Waals surface area contributed by atoms with Gasteiger partial charge in [0.05, 0.1) is 16.9 Å². The molecule has 0 aromatic carbocycles. The quantitative estimate of drug-likeness (QED) is 0.866. The highest BCUT2D eigenvalue weighted by atomic mass is 79.9. The minimum atomic E-state index is 0.321. The van der Waals surface area contributed by atoms with E-state index in [0.717, 1.165) is 10.0 Å². The highest BCUT2D eigenvalue weighted by Gasteiger charge is 2.08. The number of ether oxygens (including phenoxy) is 1. The molecule has 0 spiro atoms. The summed E-state index contributed by atoms with van der Waals surface area (Å²) in [5, 5.41) is 4.21. The normalized spacial score (nSPS) is 10.9. The Morgan fingerprint density at radius 2 is 2.18 bits per heavy atom. The van der Waals surface area contributed by atoms with Gasteiger partial charge in [-0.25, -0.2) is 4.98 Å². The predicted molar refractivity (Wildman–Crippen MR) is 69.4 cm³/mol. The molecule has 0 fully saturated rings. The number of aromatic nitrogens is 3. The molecule has 2 heterocycles. The van der Waals surface area contributed by atoms with E-state index in [1.807, 2.05) is 23.9 Å². The average molecular weight is 296 g/mol. The van der Waals surface area contributed by atoms with Crippen molar-refractivity contribution in [1.29, 1.82) is 0 Å². The van der Waals surface area contributed by atoms with E-state index in [-0.39, 0.29) is 0 Å². The molecule has 0 radical (unpaired) electrons. The molecule has 0 bridgehead atoms. The zero-order chi connectivity index (χ0) is 12.4. The zero-order valence-electron chi connectivity index (χ0n) is 10.0. The summed E-state index contributed by atoms with van der Waals surface area (Å²) in [6, 6.07) is 2.25. The van der Waals surface area contributed by atoms with Crippen LogP contribution in [0.25, 0.3) is 0 Å². The van der Waals surface area contributed by atoms with Crippen LogP contribution < -0.4 is 4.74 Å². The van der Waals surface area contributed by atoms with Gasteiger partial charge in [0, 0.05) is 12.2 Å². The molecule has 0 amide bonds. The first-order valence-corrected chi connectivity index (χ1v) is 6.20. The Labute approximate surface area is 109 Å². The van der Waals surface area contributed by atoms with Crippen LogP contribution in [0.3, 0.4) is 0 Å². The molecule has 2 aromatic heterocycles. The van der Waals surface area contributed by atoms with Gasteiger partial charge in [-0.1, -0.05) is 0 Å². The summed E-state index contributed by atoms with van der Waals surface area (Å²) in [7, 11) is 0. The molecule has 5 heteroatoms. The third-order valence-electron chi connectivity index (χ3n) is 2.37. The fourth-order valence-electron chi connectivity index (χ4n) is 1.35. The molecule has 0 atom stereocenters. The first-order chi connectivity index (χ1) is 8.08. The largest absolute Gasteiger partial charge is 0.435 e. The van der Waals surface area contributed by atoms with Crippen LogP contribution in [-0.2, 0) is 0 Å². The van der Waals surface area contributed by atoms with Crippen LogP contribution in [0.1, 0.15) is 25.5 Å². The monoisotopic (exact) mass is 295 g/mol. The average Bonchev–Trinajstić information content (AvgIpc) is 2.73. The van der Waals surface area contributed by atoms with Crippen molar-refractivity contribution in [2.24, 2.45) is 0 Å². The van der Waals surface area contributed by atoms with Crippen molar-refractivity contribution >= 4 is 15.9 Å². The lowest BCUT2D eigenvalue weighted by Gasteiger charge is -2.06. The van der Waals surface area contributed by atoms with Gasteiger partial charge < -0.3 is 4.74 Å². The number of aryl methyl sites for hydroxylation is 1. The third-order valence-corrected chi connectivity index (χ3v) is 3.34. The fourth-order valence-corrected chi connectivity index (χ4v) is 1.67. The molecule has 17 heavy (non-hydrogen) atoms. The van der Waals surface area contributed by atoms with Crippen molar-refractivity contribution in [1.82, 2.24) is 14.8 Å². The summed E-state index contributed by atoms with van der Waals surface area (Å²) in [5.74, 6) is 1.26. The molecule has 0 aliphatic rings. The lowest BCUT2D eigenvalue weighted by atomic mass is 10.3. The van der Waals surface area contributed by atoms with Gasteiger partial charge in [-0.2, -0.15) is 5.10 Å². The second-order valence-corrected chi connectivity index (χ2v) is 4.89. The molecule has 0 aliphatic carbocycles. The smallest absolute Gasteiger partial charge is 0.234 e. The van der Waals surface area contributed by atoms with Crippen molar-refractivity contribution in [3.8, 4) is 11.6 Å². The molecular weight excluding hydrogens is 282 g/mol. The van der Waals surface area contributed by atoms with Gasteiger partial charge in [-0.3, -0.25) is 4.68 Å². The van der Waals surface area contributed by atoms with Gasteiger partial charge in [-0.05, 0) is 48.3 Å². The molecule has 0 N–H and O–H groups in total. The molecule has 90 valence electrons. The summed E-state index contributed by atoms with van der Waals surface area (Å²) >= 11 is 3.46. The van der Waals surface area contributed by atoms with Gasteiger partial charge in [0.2, 0.25) is 5.88 Å². The van der Waals surface area contributed by atoms with Crippen LogP contribution in [-0.4, -0.2) is 14.8 Å². The molecular formula is C12H14BrN3O. The number of hydrogen-bond acceptors (Lipinski definition) is 3. The summed E-state index contributed by atoms with van der Waals surface area (Å²) in [4.78, 5) is 4.18. The summed E-state index contributed by atoms with van der Waals surface area (Å²) in [6.45, 7) is 6.13. The highest BCUT2D eigenvalue weighted by molar-refractivity contribution is 9.10. The van der Waals surface area contributed by atoms with E-state index >= 15 is 0 Å². The Morgan fingerprint density at radius 3 is 2.82 bits per heavy atom. The van der Waals surface area contributed by atoms with Crippen LogP contribution in [0.15, 0.2) is 29.1 Å². The van der Waals surface area contributed by atoms with E-state index in [4.69, 9.17) is 4.74 Å². The molecule has 4 nitrogen and oxygen atoms in total. The SMILES string of the molecule is Cc1ccnc(Oc2cnn(C(C)C)c2)c1Br. The van der Waals surface area contributed by atoms with Crippen molar-refractivity contribution in [3.63, 3.8) is 0 Å². The Bertz CT molecular complexity index is 522. The standard InChI is InChI=1S/C12H14BrN3O/c1-8(2)16-7-10(6-15-16)17-12-11(13)9(3)4-5-14-12/h4-8H,1-3H3. The van der Waals surface area contributed by atoms with E-state index in [9.17, 15) is 0 Å². The molecule has 0 unspecified atom stereocenters. The first-order valence-electron chi connectivity index (χ1n) is 5.41. The van der Waals surface area contributed by atoms with Crippen molar-refractivity contribution < 1.29 is 4.74 Å². The lowest BCUT2D eigenvalue weighted by Crippen LogP contribution is -1.99. The number of hydrogen-bond donors (Lipinski definition) is 0. The predicted octanol–water partition coefficient (Wildman–Crippen LogP) is 3.72. The number of nitrogens with zero attached hydrogens (tertiary/aromatic N) is 3. The van der Waals surface area contributed by atoms with Gasteiger partial charge in [0.1, 0.15) is 0 Å². The maximum absolute atomic E-state index is 5.68.